The van der Waals surface area contributed by atoms with Gasteiger partial charge in [0.1, 0.15) is 11.6 Å². The molecule has 0 aliphatic rings. The van der Waals surface area contributed by atoms with Gasteiger partial charge in [0.15, 0.2) is 5.82 Å². The van der Waals surface area contributed by atoms with Gasteiger partial charge in [-0.05, 0) is 75.0 Å². The maximum Gasteiger partial charge on any atom is 0.152 e. The molecule has 0 saturated carbocycles. The zero-order valence-electron chi connectivity index (χ0n) is 17.0. The molecular weight excluding hydrogens is 419 g/mol. The van der Waals surface area contributed by atoms with Crippen LogP contribution in [0.5, 0.6) is 0 Å². The summed E-state index contributed by atoms with van der Waals surface area (Å²) in [5, 5.41) is 4.80. The topological polar surface area (TPSA) is 34.0 Å². The molecule has 1 atom stereocenters. The summed E-state index contributed by atoms with van der Waals surface area (Å²) in [4.78, 5) is 6.96. The summed E-state index contributed by atoms with van der Waals surface area (Å²) in [6.07, 6.45) is 0.761. The maximum absolute atomic E-state index is 14.0. The van der Waals surface area contributed by atoms with E-state index in [4.69, 9.17) is 10.1 Å². The molecule has 3 aromatic rings. The lowest BCUT2D eigenvalue weighted by Gasteiger charge is -2.15. The maximum atomic E-state index is 14.0. The van der Waals surface area contributed by atoms with E-state index < -0.39 is 0 Å². The first-order chi connectivity index (χ1) is 13.2. The number of hydrogen-bond donors (Lipinski definition) is 0. The van der Waals surface area contributed by atoms with Crippen LogP contribution in [0.2, 0.25) is 0 Å². The van der Waals surface area contributed by atoms with Crippen LogP contribution in [-0.4, -0.2) is 40.3 Å². The highest BCUT2D eigenvalue weighted by molar-refractivity contribution is 9.10. The van der Waals surface area contributed by atoms with Crippen LogP contribution in [0.4, 0.5) is 4.39 Å². The quantitative estimate of drug-likeness (QED) is 0.533. The molecule has 148 valence electrons. The third kappa shape index (κ3) is 4.67. The fraction of sp³-hybridized carbons (Fsp3) is 0.364. The van der Waals surface area contributed by atoms with Crippen molar-refractivity contribution in [1.29, 1.82) is 0 Å². The molecule has 0 aliphatic carbocycles. The van der Waals surface area contributed by atoms with Crippen LogP contribution in [0.3, 0.4) is 0 Å². The first-order valence-electron chi connectivity index (χ1n) is 9.38. The Bertz CT molecular complexity index is 960. The SMILES string of the molecule is Cc1cc(F)cc(C(C)c2nc(CCN(C)C)nn2-c2ccc(Br)cc2C)c1. The third-order valence-electron chi connectivity index (χ3n) is 4.80. The molecule has 0 bridgehead atoms. The van der Waals surface area contributed by atoms with Crippen LogP contribution in [0.15, 0.2) is 40.9 Å². The Morgan fingerprint density at radius 3 is 2.54 bits per heavy atom. The smallest absolute Gasteiger partial charge is 0.152 e. The van der Waals surface area contributed by atoms with Crippen LogP contribution < -0.4 is 0 Å². The molecule has 6 heteroatoms. The van der Waals surface area contributed by atoms with Gasteiger partial charge < -0.3 is 4.90 Å². The number of hydrogen-bond acceptors (Lipinski definition) is 3. The van der Waals surface area contributed by atoms with E-state index in [-0.39, 0.29) is 11.7 Å². The molecule has 0 amide bonds. The number of aryl methyl sites for hydroxylation is 2. The highest BCUT2D eigenvalue weighted by Gasteiger charge is 2.21. The number of halogens is 2. The molecule has 1 unspecified atom stereocenters. The van der Waals surface area contributed by atoms with Crippen molar-refractivity contribution >= 4 is 15.9 Å². The number of nitrogens with zero attached hydrogens (tertiary/aromatic N) is 4. The summed E-state index contributed by atoms with van der Waals surface area (Å²) in [6, 6.07) is 11.3. The Labute approximate surface area is 174 Å². The Morgan fingerprint density at radius 2 is 1.89 bits per heavy atom. The van der Waals surface area contributed by atoms with E-state index in [0.29, 0.717) is 0 Å². The van der Waals surface area contributed by atoms with Gasteiger partial charge in [-0.15, -0.1) is 0 Å². The van der Waals surface area contributed by atoms with Crippen LogP contribution in [0, 0.1) is 19.7 Å². The first-order valence-corrected chi connectivity index (χ1v) is 10.2. The van der Waals surface area contributed by atoms with Crippen molar-refractivity contribution in [2.45, 2.75) is 33.1 Å². The van der Waals surface area contributed by atoms with Gasteiger partial charge in [-0.2, -0.15) is 5.10 Å². The van der Waals surface area contributed by atoms with Gasteiger partial charge >= 0.3 is 0 Å². The van der Waals surface area contributed by atoms with Crippen molar-refractivity contribution in [1.82, 2.24) is 19.7 Å². The fourth-order valence-electron chi connectivity index (χ4n) is 3.28. The molecule has 0 saturated heterocycles. The number of aromatic nitrogens is 3. The number of benzene rings is 2. The molecule has 0 fully saturated rings. The van der Waals surface area contributed by atoms with E-state index in [1.165, 1.54) is 0 Å². The predicted molar refractivity (Wildman–Crippen MR) is 115 cm³/mol. The second-order valence-electron chi connectivity index (χ2n) is 7.57. The zero-order chi connectivity index (χ0) is 20.4. The van der Waals surface area contributed by atoms with Crippen molar-refractivity contribution in [2.24, 2.45) is 0 Å². The molecule has 4 nitrogen and oxygen atoms in total. The van der Waals surface area contributed by atoms with Crippen molar-refractivity contribution in [2.75, 3.05) is 20.6 Å². The minimum Gasteiger partial charge on any atom is -0.309 e. The zero-order valence-corrected chi connectivity index (χ0v) is 18.6. The van der Waals surface area contributed by atoms with Gasteiger partial charge in [0.25, 0.3) is 0 Å². The molecule has 1 aromatic heterocycles. The van der Waals surface area contributed by atoms with E-state index in [1.807, 2.05) is 43.9 Å². The molecule has 0 N–H and O–H groups in total. The Hall–Kier alpha value is -2.05. The molecular formula is C22H26BrFN4. The van der Waals surface area contributed by atoms with Gasteiger partial charge in [0, 0.05) is 23.4 Å². The Balaban J connectivity index is 2.09. The average molecular weight is 445 g/mol. The third-order valence-corrected chi connectivity index (χ3v) is 5.29. The van der Waals surface area contributed by atoms with E-state index in [9.17, 15) is 4.39 Å². The first kappa shape index (κ1) is 20.7. The molecule has 2 aromatic carbocycles. The van der Waals surface area contributed by atoms with Crippen LogP contribution in [-0.2, 0) is 6.42 Å². The summed E-state index contributed by atoms with van der Waals surface area (Å²) in [6.45, 7) is 6.89. The summed E-state index contributed by atoms with van der Waals surface area (Å²) in [5.41, 5.74) is 3.89. The Kier molecular flexibility index (Phi) is 6.30. The van der Waals surface area contributed by atoms with Crippen molar-refractivity contribution in [3.8, 4) is 5.69 Å². The number of likely N-dealkylation sites (N-methyl/N-ethyl adjacent to an activating group) is 1. The van der Waals surface area contributed by atoms with Crippen LogP contribution >= 0.6 is 15.9 Å². The standard InChI is InChI=1S/C22H26BrFN4/c1-14-10-17(13-19(24)11-14)16(3)22-25-21(8-9-27(4)5)26-28(22)20-7-6-18(23)12-15(20)2/h6-7,10-13,16H,8-9H2,1-5H3. The summed E-state index contributed by atoms with van der Waals surface area (Å²) in [7, 11) is 4.07. The molecule has 1 heterocycles. The van der Waals surface area contributed by atoms with E-state index in [1.54, 1.807) is 12.1 Å². The highest BCUT2D eigenvalue weighted by atomic mass is 79.9. The lowest BCUT2D eigenvalue weighted by atomic mass is 9.98. The lowest BCUT2D eigenvalue weighted by Crippen LogP contribution is -2.15. The molecule has 3 rings (SSSR count). The van der Waals surface area contributed by atoms with Crippen molar-refractivity contribution < 1.29 is 4.39 Å². The minimum atomic E-state index is -0.222. The predicted octanol–water partition coefficient (Wildman–Crippen LogP) is 5.04. The second kappa shape index (κ2) is 8.53. The Morgan fingerprint density at radius 1 is 1.14 bits per heavy atom. The van der Waals surface area contributed by atoms with Gasteiger partial charge in [-0.25, -0.2) is 14.1 Å². The van der Waals surface area contributed by atoms with Crippen molar-refractivity contribution in [3.05, 3.63) is 75.0 Å². The van der Waals surface area contributed by atoms with E-state index in [0.717, 1.165) is 51.5 Å². The molecule has 0 aliphatic heterocycles. The fourth-order valence-corrected chi connectivity index (χ4v) is 3.75. The van der Waals surface area contributed by atoms with Gasteiger partial charge in [0.05, 0.1) is 5.69 Å². The summed E-state index contributed by atoms with van der Waals surface area (Å²) in [5.74, 6) is 1.31. The summed E-state index contributed by atoms with van der Waals surface area (Å²) < 4.78 is 16.9. The monoisotopic (exact) mass is 444 g/mol. The van der Waals surface area contributed by atoms with Gasteiger partial charge in [0.2, 0.25) is 0 Å². The average Bonchev–Trinajstić information content (AvgIpc) is 3.02. The normalized spacial score (nSPS) is 12.6. The molecule has 0 radical (unpaired) electrons. The van der Waals surface area contributed by atoms with Crippen LogP contribution in [0.25, 0.3) is 5.69 Å². The van der Waals surface area contributed by atoms with E-state index >= 15 is 0 Å². The minimum absolute atomic E-state index is 0.0851. The van der Waals surface area contributed by atoms with E-state index in [2.05, 4.69) is 40.7 Å². The largest absolute Gasteiger partial charge is 0.309 e. The van der Waals surface area contributed by atoms with Gasteiger partial charge in [-0.3, -0.25) is 0 Å². The lowest BCUT2D eigenvalue weighted by molar-refractivity contribution is 0.409. The highest BCUT2D eigenvalue weighted by Crippen LogP contribution is 2.28. The molecule has 28 heavy (non-hydrogen) atoms. The summed E-state index contributed by atoms with van der Waals surface area (Å²) >= 11 is 3.52. The molecule has 0 spiro atoms. The second-order valence-corrected chi connectivity index (χ2v) is 8.48. The van der Waals surface area contributed by atoms with Gasteiger partial charge in [-0.1, -0.05) is 28.9 Å². The number of rotatable bonds is 6. The van der Waals surface area contributed by atoms with Crippen LogP contribution in [0.1, 0.15) is 41.2 Å². The van der Waals surface area contributed by atoms with Crippen molar-refractivity contribution in [3.63, 3.8) is 0 Å².